The van der Waals surface area contributed by atoms with E-state index in [1.54, 1.807) is 0 Å². The van der Waals surface area contributed by atoms with E-state index in [0.29, 0.717) is 6.42 Å². The Morgan fingerprint density at radius 1 is 1.33 bits per heavy atom. The van der Waals surface area contributed by atoms with Crippen LogP contribution in [0.2, 0.25) is 0 Å². The van der Waals surface area contributed by atoms with Gasteiger partial charge in [0.15, 0.2) is 0 Å². The molecular formula is C6H11Br2F. The summed E-state index contributed by atoms with van der Waals surface area (Å²) in [5.74, 6) is 0. The molecule has 0 aliphatic carbocycles. The second kappa shape index (κ2) is 4.67. The maximum atomic E-state index is 12.5. The average molecular weight is 262 g/mol. The molecule has 0 aliphatic rings. The lowest BCUT2D eigenvalue weighted by Gasteiger charge is -2.07. The zero-order chi connectivity index (χ0) is 7.33. The first-order chi connectivity index (χ1) is 4.06. The lowest BCUT2D eigenvalue weighted by molar-refractivity contribution is 0.394. The molecule has 0 atom stereocenters. The van der Waals surface area contributed by atoms with Gasteiger partial charge in [-0.25, -0.2) is 4.39 Å². The predicted molar refractivity (Wildman–Crippen MR) is 45.8 cm³/mol. The van der Waals surface area contributed by atoms with Crippen molar-refractivity contribution in [3.63, 3.8) is 0 Å². The zero-order valence-electron chi connectivity index (χ0n) is 5.46. The minimum Gasteiger partial charge on any atom is -0.219 e. The van der Waals surface area contributed by atoms with Gasteiger partial charge >= 0.3 is 0 Å². The van der Waals surface area contributed by atoms with Crippen molar-refractivity contribution < 1.29 is 4.39 Å². The summed E-state index contributed by atoms with van der Waals surface area (Å²) in [4.78, 5) is 0. The molecule has 0 N–H and O–H groups in total. The summed E-state index contributed by atoms with van der Waals surface area (Å²) in [6.45, 7) is 2.10. The van der Waals surface area contributed by atoms with E-state index in [-0.39, 0.29) is 0 Å². The SMILES string of the molecule is CCCCCC(F)(Br)Br. The molecule has 0 bridgehead atoms. The molecule has 9 heavy (non-hydrogen) atoms. The number of alkyl halides is 3. The summed E-state index contributed by atoms with van der Waals surface area (Å²) in [5.41, 5.74) is 0. The van der Waals surface area contributed by atoms with Crippen LogP contribution in [0.1, 0.15) is 32.6 Å². The quantitative estimate of drug-likeness (QED) is 0.531. The lowest BCUT2D eigenvalue weighted by atomic mass is 10.2. The van der Waals surface area contributed by atoms with Crippen molar-refractivity contribution in [3.8, 4) is 0 Å². The van der Waals surface area contributed by atoms with Crippen molar-refractivity contribution in [1.82, 2.24) is 0 Å². The van der Waals surface area contributed by atoms with Crippen LogP contribution in [0.3, 0.4) is 0 Å². The molecule has 0 radical (unpaired) electrons. The minimum atomic E-state index is -1.32. The molecule has 0 aromatic carbocycles. The highest BCUT2D eigenvalue weighted by molar-refractivity contribution is 9.25. The molecular weight excluding hydrogens is 251 g/mol. The standard InChI is InChI=1S/C6H11Br2F/c1-2-3-4-5-6(7,8)9/h2-5H2,1H3. The van der Waals surface area contributed by atoms with E-state index in [1.165, 1.54) is 0 Å². The lowest BCUT2D eigenvalue weighted by Crippen LogP contribution is -2.00. The van der Waals surface area contributed by atoms with Crippen molar-refractivity contribution in [2.45, 2.75) is 36.1 Å². The smallest absolute Gasteiger partial charge is 0.218 e. The van der Waals surface area contributed by atoms with Crippen molar-refractivity contribution in [2.24, 2.45) is 0 Å². The molecule has 0 aromatic heterocycles. The Kier molecular flexibility index (Phi) is 5.13. The highest BCUT2D eigenvalue weighted by Gasteiger charge is 2.18. The molecule has 0 saturated carbocycles. The monoisotopic (exact) mass is 260 g/mol. The van der Waals surface area contributed by atoms with Crippen LogP contribution in [0.15, 0.2) is 0 Å². The molecule has 0 spiro atoms. The first kappa shape index (κ1) is 9.89. The van der Waals surface area contributed by atoms with Gasteiger partial charge in [0.1, 0.15) is 0 Å². The molecule has 0 saturated heterocycles. The summed E-state index contributed by atoms with van der Waals surface area (Å²) in [7, 11) is 0. The molecule has 0 aliphatic heterocycles. The molecule has 0 amide bonds. The van der Waals surface area contributed by atoms with Crippen LogP contribution in [0.5, 0.6) is 0 Å². The van der Waals surface area contributed by atoms with E-state index < -0.39 is 3.49 Å². The van der Waals surface area contributed by atoms with Crippen LogP contribution in [0, 0.1) is 0 Å². The van der Waals surface area contributed by atoms with Crippen LogP contribution in [0.25, 0.3) is 0 Å². The molecule has 0 aromatic rings. The van der Waals surface area contributed by atoms with Crippen LogP contribution >= 0.6 is 31.9 Å². The maximum absolute atomic E-state index is 12.5. The highest BCUT2D eigenvalue weighted by atomic mass is 79.9. The van der Waals surface area contributed by atoms with Crippen molar-refractivity contribution in [1.29, 1.82) is 0 Å². The van der Waals surface area contributed by atoms with Crippen LogP contribution < -0.4 is 0 Å². The van der Waals surface area contributed by atoms with E-state index in [0.717, 1.165) is 19.3 Å². The van der Waals surface area contributed by atoms with Gasteiger partial charge in [-0.3, -0.25) is 0 Å². The maximum Gasteiger partial charge on any atom is 0.218 e. The fraction of sp³-hybridized carbons (Fsp3) is 1.00. The van der Waals surface area contributed by atoms with E-state index in [2.05, 4.69) is 38.8 Å². The van der Waals surface area contributed by atoms with Gasteiger partial charge in [-0.15, -0.1) is 0 Å². The fourth-order valence-electron chi connectivity index (χ4n) is 0.575. The Bertz CT molecular complexity index is 67.9. The van der Waals surface area contributed by atoms with E-state index in [1.807, 2.05) is 0 Å². The predicted octanol–water partition coefficient (Wildman–Crippen LogP) is 3.98. The third-order valence-electron chi connectivity index (χ3n) is 1.06. The molecule has 0 rings (SSSR count). The van der Waals surface area contributed by atoms with Crippen LogP contribution in [-0.2, 0) is 0 Å². The molecule has 56 valence electrons. The molecule has 0 fully saturated rings. The fourth-order valence-corrected chi connectivity index (χ4v) is 1.14. The summed E-state index contributed by atoms with van der Waals surface area (Å²) < 4.78 is 11.2. The van der Waals surface area contributed by atoms with Crippen LogP contribution in [-0.4, -0.2) is 3.49 Å². The van der Waals surface area contributed by atoms with Gasteiger partial charge in [0, 0.05) is 6.42 Å². The first-order valence-electron chi connectivity index (χ1n) is 3.13. The summed E-state index contributed by atoms with van der Waals surface area (Å²) in [6, 6.07) is 0. The second-order valence-electron chi connectivity index (χ2n) is 2.07. The summed E-state index contributed by atoms with van der Waals surface area (Å²) >= 11 is 5.72. The van der Waals surface area contributed by atoms with E-state index >= 15 is 0 Å². The highest BCUT2D eigenvalue weighted by Crippen LogP contribution is 2.33. The van der Waals surface area contributed by atoms with E-state index in [9.17, 15) is 4.39 Å². The Morgan fingerprint density at radius 3 is 2.22 bits per heavy atom. The number of rotatable bonds is 4. The number of halogens is 3. The number of hydrogen-bond donors (Lipinski definition) is 0. The van der Waals surface area contributed by atoms with Gasteiger partial charge in [0.2, 0.25) is 3.49 Å². The van der Waals surface area contributed by atoms with Crippen molar-refractivity contribution in [2.75, 3.05) is 0 Å². The van der Waals surface area contributed by atoms with Gasteiger partial charge in [0.05, 0.1) is 0 Å². The Balaban J connectivity index is 3.07. The van der Waals surface area contributed by atoms with Gasteiger partial charge in [-0.2, -0.15) is 0 Å². The molecule has 0 unspecified atom stereocenters. The molecule has 0 heterocycles. The third-order valence-corrected chi connectivity index (χ3v) is 1.86. The van der Waals surface area contributed by atoms with Crippen molar-refractivity contribution in [3.05, 3.63) is 0 Å². The normalized spacial score (nSPS) is 12.0. The van der Waals surface area contributed by atoms with Gasteiger partial charge in [0.25, 0.3) is 0 Å². The molecule has 3 heteroatoms. The van der Waals surface area contributed by atoms with Gasteiger partial charge in [-0.05, 0) is 38.3 Å². The summed E-state index contributed by atoms with van der Waals surface area (Å²) in [6.07, 6.45) is 3.71. The molecule has 0 nitrogen and oxygen atoms in total. The second-order valence-corrected chi connectivity index (χ2v) is 5.65. The Labute approximate surface area is 72.5 Å². The topological polar surface area (TPSA) is 0 Å². The van der Waals surface area contributed by atoms with Gasteiger partial charge in [-0.1, -0.05) is 19.8 Å². The van der Waals surface area contributed by atoms with E-state index in [4.69, 9.17) is 0 Å². The average Bonchev–Trinajstić information content (AvgIpc) is 1.63. The Hall–Kier alpha value is 0.890. The van der Waals surface area contributed by atoms with Crippen LogP contribution in [0.4, 0.5) is 4.39 Å². The minimum absolute atomic E-state index is 0.542. The summed E-state index contributed by atoms with van der Waals surface area (Å²) in [5, 5.41) is 0. The third kappa shape index (κ3) is 8.89. The van der Waals surface area contributed by atoms with Crippen molar-refractivity contribution >= 4 is 31.9 Å². The number of hydrogen-bond acceptors (Lipinski definition) is 0. The van der Waals surface area contributed by atoms with Gasteiger partial charge < -0.3 is 0 Å². The first-order valence-corrected chi connectivity index (χ1v) is 4.71. The Morgan fingerprint density at radius 2 is 1.89 bits per heavy atom. The number of unbranched alkanes of at least 4 members (excludes halogenated alkanes) is 2. The largest absolute Gasteiger partial charge is 0.219 e. The zero-order valence-corrected chi connectivity index (χ0v) is 8.63.